The molecule has 0 aliphatic rings. The van der Waals surface area contributed by atoms with Crippen LogP contribution in [0.3, 0.4) is 0 Å². The standard InChI is InChI=1S/C7H7IS/c1-2-3-7-6(8)4-5-9-7/h2,4-5H,1,3H2. The van der Waals surface area contributed by atoms with Crippen LogP contribution in [-0.4, -0.2) is 0 Å². The van der Waals surface area contributed by atoms with E-state index >= 15 is 0 Å². The zero-order chi connectivity index (χ0) is 6.69. The van der Waals surface area contributed by atoms with Gasteiger partial charge in [0, 0.05) is 14.9 Å². The molecule has 0 fully saturated rings. The summed E-state index contributed by atoms with van der Waals surface area (Å²) in [5.74, 6) is 0. The molecule has 0 saturated carbocycles. The molecular formula is C7H7IS. The fourth-order valence-electron chi connectivity index (χ4n) is 0.602. The molecule has 0 aromatic carbocycles. The molecule has 9 heavy (non-hydrogen) atoms. The van der Waals surface area contributed by atoms with Gasteiger partial charge in [-0.05, 0) is 34.0 Å². The summed E-state index contributed by atoms with van der Waals surface area (Å²) in [5.41, 5.74) is 0. The molecule has 0 atom stereocenters. The van der Waals surface area contributed by atoms with Crippen LogP contribution in [0, 0.1) is 3.57 Å². The predicted molar refractivity (Wildman–Crippen MR) is 50.9 cm³/mol. The van der Waals surface area contributed by atoms with Crippen LogP contribution in [0.15, 0.2) is 24.1 Å². The number of thiophene rings is 1. The van der Waals surface area contributed by atoms with Gasteiger partial charge in [-0.15, -0.1) is 17.9 Å². The average molecular weight is 250 g/mol. The lowest BCUT2D eigenvalue weighted by molar-refractivity contribution is 1.33. The maximum Gasteiger partial charge on any atom is 0.0272 e. The summed E-state index contributed by atoms with van der Waals surface area (Å²) in [6.07, 6.45) is 2.95. The maximum absolute atomic E-state index is 3.68. The van der Waals surface area contributed by atoms with Crippen molar-refractivity contribution in [2.24, 2.45) is 0 Å². The lowest BCUT2D eigenvalue weighted by Crippen LogP contribution is -1.74. The van der Waals surface area contributed by atoms with E-state index in [1.807, 2.05) is 6.08 Å². The van der Waals surface area contributed by atoms with Crippen LogP contribution >= 0.6 is 33.9 Å². The van der Waals surface area contributed by atoms with E-state index in [2.05, 4.69) is 40.6 Å². The van der Waals surface area contributed by atoms with Crippen molar-refractivity contribution >= 4 is 33.9 Å². The van der Waals surface area contributed by atoms with E-state index < -0.39 is 0 Å². The summed E-state index contributed by atoms with van der Waals surface area (Å²) in [4.78, 5) is 1.42. The van der Waals surface area contributed by atoms with Crippen molar-refractivity contribution < 1.29 is 0 Å². The fourth-order valence-corrected chi connectivity index (χ4v) is 2.39. The lowest BCUT2D eigenvalue weighted by atomic mass is 10.3. The second kappa shape index (κ2) is 3.37. The summed E-state index contributed by atoms with van der Waals surface area (Å²) in [5, 5.41) is 2.11. The number of allylic oxidation sites excluding steroid dienone is 1. The Bertz CT molecular complexity index is 202. The normalized spacial score (nSPS) is 9.44. The van der Waals surface area contributed by atoms with Crippen molar-refractivity contribution in [3.63, 3.8) is 0 Å². The van der Waals surface area contributed by atoms with E-state index in [4.69, 9.17) is 0 Å². The highest BCUT2D eigenvalue weighted by molar-refractivity contribution is 14.1. The second-order valence-corrected chi connectivity index (χ2v) is 3.85. The minimum Gasteiger partial charge on any atom is -0.147 e. The Morgan fingerprint density at radius 3 is 3.00 bits per heavy atom. The third-order valence-electron chi connectivity index (χ3n) is 1.02. The molecular weight excluding hydrogens is 243 g/mol. The van der Waals surface area contributed by atoms with Gasteiger partial charge in [-0.1, -0.05) is 6.08 Å². The van der Waals surface area contributed by atoms with Crippen LogP contribution in [0.25, 0.3) is 0 Å². The molecule has 1 aromatic heterocycles. The monoisotopic (exact) mass is 250 g/mol. The SMILES string of the molecule is C=CCc1sccc1I. The zero-order valence-electron chi connectivity index (χ0n) is 4.93. The number of hydrogen-bond acceptors (Lipinski definition) is 1. The first-order valence-electron chi connectivity index (χ1n) is 2.67. The molecule has 0 aliphatic heterocycles. The van der Waals surface area contributed by atoms with Gasteiger partial charge in [0.25, 0.3) is 0 Å². The Balaban J connectivity index is 2.80. The highest BCUT2D eigenvalue weighted by atomic mass is 127. The van der Waals surface area contributed by atoms with E-state index in [9.17, 15) is 0 Å². The first kappa shape index (κ1) is 7.28. The Morgan fingerprint density at radius 1 is 1.78 bits per heavy atom. The van der Waals surface area contributed by atoms with Gasteiger partial charge in [-0.2, -0.15) is 0 Å². The minimum atomic E-state index is 1.01. The molecule has 1 heterocycles. The van der Waals surface area contributed by atoms with Crippen LogP contribution in [-0.2, 0) is 6.42 Å². The number of halogens is 1. The molecule has 0 unspecified atom stereocenters. The van der Waals surface area contributed by atoms with Gasteiger partial charge in [0.05, 0.1) is 0 Å². The first-order chi connectivity index (χ1) is 4.34. The average Bonchev–Trinajstić information content (AvgIpc) is 2.18. The molecule has 0 spiro atoms. The van der Waals surface area contributed by atoms with Crippen LogP contribution in [0.2, 0.25) is 0 Å². The Kier molecular flexibility index (Phi) is 2.72. The molecule has 0 nitrogen and oxygen atoms in total. The third-order valence-corrected chi connectivity index (χ3v) is 3.34. The summed E-state index contributed by atoms with van der Waals surface area (Å²) in [7, 11) is 0. The van der Waals surface area contributed by atoms with Crippen LogP contribution in [0.1, 0.15) is 4.88 Å². The van der Waals surface area contributed by atoms with Crippen molar-refractivity contribution in [3.05, 3.63) is 32.5 Å². The van der Waals surface area contributed by atoms with E-state index in [1.165, 1.54) is 8.45 Å². The summed E-state index contributed by atoms with van der Waals surface area (Å²) in [6, 6.07) is 2.13. The summed E-state index contributed by atoms with van der Waals surface area (Å²) < 4.78 is 1.36. The van der Waals surface area contributed by atoms with Crippen molar-refractivity contribution in [1.29, 1.82) is 0 Å². The van der Waals surface area contributed by atoms with E-state index in [-0.39, 0.29) is 0 Å². The summed E-state index contributed by atoms with van der Waals surface area (Å²) in [6.45, 7) is 3.68. The van der Waals surface area contributed by atoms with Crippen LogP contribution < -0.4 is 0 Å². The van der Waals surface area contributed by atoms with E-state index in [0.29, 0.717) is 0 Å². The molecule has 0 aliphatic carbocycles. The predicted octanol–water partition coefficient (Wildman–Crippen LogP) is 3.08. The topological polar surface area (TPSA) is 0 Å². The Hall–Kier alpha value is 0.170. The fraction of sp³-hybridized carbons (Fsp3) is 0.143. The molecule has 2 heteroatoms. The molecule has 0 bridgehead atoms. The van der Waals surface area contributed by atoms with Crippen molar-refractivity contribution in [1.82, 2.24) is 0 Å². The van der Waals surface area contributed by atoms with Crippen LogP contribution in [0.4, 0.5) is 0 Å². The molecule has 0 amide bonds. The van der Waals surface area contributed by atoms with Gasteiger partial charge in [0.15, 0.2) is 0 Å². The van der Waals surface area contributed by atoms with E-state index in [0.717, 1.165) is 6.42 Å². The molecule has 0 N–H and O–H groups in total. The molecule has 1 aromatic rings. The Labute approximate surface area is 72.7 Å². The van der Waals surface area contributed by atoms with Gasteiger partial charge < -0.3 is 0 Å². The van der Waals surface area contributed by atoms with Gasteiger partial charge >= 0.3 is 0 Å². The molecule has 48 valence electrons. The number of hydrogen-bond donors (Lipinski definition) is 0. The van der Waals surface area contributed by atoms with E-state index in [1.54, 1.807) is 11.3 Å². The quantitative estimate of drug-likeness (QED) is 0.559. The summed E-state index contributed by atoms with van der Waals surface area (Å²) >= 11 is 4.14. The third kappa shape index (κ3) is 1.79. The Morgan fingerprint density at radius 2 is 2.56 bits per heavy atom. The van der Waals surface area contributed by atoms with Gasteiger partial charge in [-0.25, -0.2) is 0 Å². The highest BCUT2D eigenvalue weighted by Crippen LogP contribution is 2.18. The van der Waals surface area contributed by atoms with Crippen molar-refractivity contribution in [2.45, 2.75) is 6.42 Å². The van der Waals surface area contributed by atoms with Crippen molar-refractivity contribution in [3.8, 4) is 0 Å². The van der Waals surface area contributed by atoms with Crippen molar-refractivity contribution in [2.75, 3.05) is 0 Å². The minimum absolute atomic E-state index is 1.01. The molecule has 1 rings (SSSR count). The number of rotatable bonds is 2. The second-order valence-electron chi connectivity index (χ2n) is 1.68. The molecule has 0 radical (unpaired) electrons. The van der Waals surface area contributed by atoms with Gasteiger partial charge in [0.2, 0.25) is 0 Å². The smallest absolute Gasteiger partial charge is 0.0272 e. The molecule has 0 saturated heterocycles. The van der Waals surface area contributed by atoms with Gasteiger partial charge in [0.1, 0.15) is 0 Å². The van der Waals surface area contributed by atoms with Crippen LogP contribution in [0.5, 0.6) is 0 Å². The zero-order valence-corrected chi connectivity index (χ0v) is 7.91. The largest absolute Gasteiger partial charge is 0.147 e. The first-order valence-corrected chi connectivity index (χ1v) is 4.63. The lowest BCUT2D eigenvalue weighted by Gasteiger charge is -1.87. The van der Waals surface area contributed by atoms with Gasteiger partial charge in [-0.3, -0.25) is 0 Å². The highest BCUT2D eigenvalue weighted by Gasteiger charge is 1.95. The maximum atomic E-state index is 3.68.